The molecule has 0 atom stereocenters. The summed E-state index contributed by atoms with van der Waals surface area (Å²) in [7, 11) is -3.41. The minimum Gasteiger partial charge on any atom is -0.299 e. The normalized spacial score (nSPS) is 15.4. The molecule has 27 heavy (non-hydrogen) atoms. The van der Waals surface area contributed by atoms with Crippen molar-refractivity contribution in [3.05, 3.63) is 77.0 Å². The van der Waals surface area contributed by atoms with Crippen LogP contribution in [0, 0.1) is 5.82 Å². The van der Waals surface area contributed by atoms with Crippen molar-refractivity contribution in [1.29, 1.82) is 0 Å². The third kappa shape index (κ3) is 4.90. The second-order valence-corrected chi connectivity index (χ2v) is 8.57. The first kappa shape index (κ1) is 19.5. The van der Waals surface area contributed by atoms with Gasteiger partial charge in [-0.1, -0.05) is 24.3 Å². The van der Waals surface area contributed by atoms with Gasteiger partial charge in [0.15, 0.2) is 5.78 Å². The molecule has 1 heterocycles. The highest BCUT2D eigenvalue weighted by molar-refractivity contribution is 7.95. The average molecular weight is 387 g/mol. The summed E-state index contributed by atoms with van der Waals surface area (Å²) >= 11 is 0. The van der Waals surface area contributed by atoms with Crippen molar-refractivity contribution in [2.75, 3.05) is 19.6 Å². The van der Waals surface area contributed by atoms with Gasteiger partial charge in [0.1, 0.15) is 5.82 Å². The Labute approximate surface area is 159 Å². The van der Waals surface area contributed by atoms with Crippen LogP contribution in [0.5, 0.6) is 0 Å². The monoisotopic (exact) mass is 387 g/mol. The zero-order valence-corrected chi connectivity index (χ0v) is 15.8. The molecule has 1 aliphatic heterocycles. The minimum atomic E-state index is -3.41. The van der Waals surface area contributed by atoms with Gasteiger partial charge in [-0.3, -0.25) is 9.69 Å². The van der Waals surface area contributed by atoms with Crippen molar-refractivity contribution in [3.63, 3.8) is 0 Å². The first-order valence-electron chi connectivity index (χ1n) is 8.97. The van der Waals surface area contributed by atoms with Crippen molar-refractivity contribution in [2.24, 2.45) is 0 Å². The van der Waals surface area contributed by atoms with Gasteiger partial charge in [0.2, 0.25) is 9.84 Å². The van der Waals surface area contributed by atoms with Crippen LogP contribution in [-0.4, -0.2) is 38.7 Å². The molecule has 2 aromatic rings. The second kappa shape index (κ2) is 8.59. The van der Waals surface area contributed by atoms with Gasteiger partial charge >= 0.3 is 0 Å². The fourth-order valence-corrected chi connectivity index (χ4v) is 4.61. The van der Waals surface area contributed by atoms with Crippen molar-refractivity contribution in [3.8, 4) is 0 Å². The zero-order valence-electron chi connectivity index (χ0n) is 15.0. The molecule has 0 radical (unpaired) electrons. The number of carbonyl (C=O) groups excluding carboxylic acids is 1. The van der Waals surface area contributed by atoms with E-state index in [0.717, 1.165) is 6.54 Å². The largest absolute Gasteiger partial charge is 0.299 e. The number of nitrogens with zero attached hydrogens (tertiary/aromatic N) is 1. The van der Waals surface area contributed by atoms with E-state index in [1.54, 1.807) is 36.4 Å². The summed E-state index contributed by atoms with van der Waals surface area (Å²) in [5.74, 6) is -0.359. The first-order valence-corrected chi connectivity index (χ1v) is 10.5. The maximum absolute atomic E-state index is 12.9. The fraction of sp³-hybridized carbons (Fsp3) is 0.286. The summed E-state index contributed by atoms with van der Waals surface area (Å²) in [6, 6.07) is 14.1. The number of sulfone groups is 1. The van der Waals surface area contributed by atoms with Gasteiger partial charge in [0.25, 0.3) is 0 Å². The van der Waals surface area contributed by atoms with E-state index in [9.17, 15) is 17.6 Å². The molecule has 3 rings (SSSR count). The number of carbonyl (C=O) groups is 1. The number of ketones is 1. The highest BCUT2D eigenvalue weighted by Gasteiger charge is 2.23. The van der Waals surface area contributed by atoms with Crippen LogP contribution >= 0.6 is 0 Å². The lowest BCUT2D eigenvalue weighted by atomic mass is 10.1. The minimum absolute atomic E-state index is 0.00473. The molecular weight excluding hydrogens is 365 g/mol. The van der Waals surface area contributed by atoms with Crippen LogP contribution in [0.25, 0.3) is 0 Å². The standard InChI is InChI=1S/C21H22FNO3S/c22-18-10-8-17(9-11-18)21(24)7-4-14-23-15-12-20(13-16-23)27(25,26)19-5-2-1-3-6-19/h1-3,5-6,8-12H,4,7,13-16H2. The lowest BCUT2D eigenvalue weighted by Gasteiger charge is -2.26. The maximum atomic E-state index is 12.9. The number of benzene rings is 2. The highest BCUT2D eigenvalue weighted by Crippen LogP contribution is 2.24. The first-order chi connectivity index (χ1) is 13.0. The quantitative estimate of drug-likeness (QED) is 0.677. The predicted molar refractivity (Wildman–Crippen MR) is 103 cm³/mol. The van der Waals surface area contributed by atoms with E-state index < -0.39 is 9.84 Å². The molecule has 0 spiro atoms. The SMILES string of the molecule is O=C(CCCN1CC=C(S(=O)(=O)c2ccccc2)CC1)c1ccc(F)cc1. The summed E-state index contributed by atoms with van der Waals surface area (Å²) in [5, 5.41) is 0. The molecule has 0 amide bonds. The van der Waals surface area contributed by atoms with Gasteiger partial charge in [-0.25, -0.2) is 12.8 Å². The summed E-state index contributed by atoms with van der Waals surface area (Å²) in [4.78, 5) is 15.0. The van der Waals surface area contributed by atoms with E-state index in [1.165, 1.54) is 24.3 Å². The summed E-state index contributed by atoms with van der Waals surface area (Å²) in [6.45, 7) is 1.94. The Bertz CT molecular complexity index is 922. The van der Waals surface area contributed by atoms with Crippen molar-refractivity contribution in [2.45, 2.75) is 24.2 Å². The number of hydrogen-bond donors (Lipinski definition) is 0. The van der Waals surface area contributed by atoms with E-state index in [0.29, 0.717) is 47.7 Å². The molecule has 2 aromatic carbocycles. The van der Waals surface area contributed by atoms with Crippen LogP contribution in [-0.2, 0) is 9.84 Å². The Morgan fingerprint density at radius 3 is 2.37 bits per heavy atom. The molecule has 0 N–H and O–H groups in total. The molecule has 1 aliphatic rings. The molecule has 0 saturated carbocycles. The van der Waals surface area contributed by atoms with Crippen LogP contribution in [0.15, 0.2) is 70.5 Å². The van der Waals surface area contributed by atoms with E-state index >= 15 is 0 Å². The van der Waals surface area contributed by atoms with Crippen LogP contribution in [0.1, 0.15) is 29.6 Å². The number of halogens is 1. The molecule has 0 unspecified atom stereocenters. The van der Waals surface area contributed by atoms with Crippen LogP contribution in [0.3, 0.4) is 0 Å². The topological polar surface area (TPSA) is 54.5 Å². The Balaban J connectivity index is 1.50. The number of rotatable bonds is 7. The van der Waals surface area contributed by atoms with Gasteiger partial charge in [0.05, 0.1) is 4.90 Å². The highest BCUT2D eigenvalue weighted by atomic mass is 32.2. The van der Waals surface area contributed by atoms with Gasteiger partial charge in [-0.05, 0) is 55.8 Å². The molecule has 0 fully saturated rings. The lowest BCUT2D eigenvalue weighted by Crippen LogP contribution is -2.31. The molecule has 0 saturated heterocycles. The maximum Gasteiger partial charge on any atom is 0.202 e. The average Bonchev–Trinajstić information content (AvgIpc) is 2.69. The summed E-state index contributed by atoms with van der Waals surface area (Å²) in [6.07, 6.45) is 3.32. The Kier molecular flexibility index (Phi) is 6.19. The molecule has 4 nitrogen and oxygen atoms in total. The van der Waals surface area contributed by atoms with Crippen LogP contribution in [0.4, 0.5) is 4.39 Å². The van der Waals surface area contributed by atoms with E-state index in [4.69, 9.17) is 0 Å². The van der Waals surface area contributed by atoms with E-state index in [1.807, 2.05) is 0 Å². The number of hydrogen-bond acceptors (Lipinski definition) is 4. The van der Waals surface area contributed by atoms with Crippen molar-refractivity contribution in [1.82, 2.24) is 4.90 Å². The second-order valence-electron chi connectivity index (χ2n) is 6.57. The zero-order chi connectivity index (χ0) is 19.3. The Hall–Kier alpha value is -2.31. The molecular formula is C21H22FNO3S. The summed E-state index contributed by atoms with van der Waals surface area (Å²) < 4.78 is 38.1. The summed E-state index contributed by atoms with van der Waals surface area (Å²) in [5.41, 5.74) is 0.520. The molecule has 0 bridgehead atoms. The van der Waals surface area contributed by atoms with Gasteiger partial charge < -0.3 is 0 Å². The van der Waals surface area contributed by atoms with Crippen LogP contribution < -0.4 is 0 Å². The molecule has 0 aromatic heterocycles. The molecule has 0 aliphatic carbocycles. The van der Waals surface area contributed by atoms with Crippen molar-refractivity contribution >= 4 is 15.6 Å². The smallest absolute Gasteiger partial charge is 0.202 e. The molecule has 142 valence electrons. The van der Waals surface area contributed by atoms with Crippen LogP contribution in [0.2, 0.25) is 0 Å². The predicted octanol–water partition coefficient (Wildman–Crippen LogP) is 3.85. The Morgan fingerprint density at radius 1 is 1.04 bits per heavy atom. The lowest BCUT2D eigenvalue weighted by molar-refractivity contribution is 0.0975. The van der Waals surface area contributed by atoms with Gasteiger partial charge in [-0.2, -0.15) is 0 Å². The third-order valence-electron chi connectivity index (χ3n) is 4.69. The number of Topliss-reactive ketones (excluding diaryl/α,β-unsaturated/α-hetero) is 1. The fourth-order valence-electron chi connectivity index (χ4n) is 3.13. The molecule has 6 heteroatoms. The third-order valence-corrected chi connectivity index (χ3v) is 6.65. The van der Waals surface area contributed by atoms with Gasteiger partial charge in [-0.15, -0.1) is 0 Å². The van der Waals surface area contributed by atoms with Crippen molar-refractivity contribution < 1.29 is 17.6 Å². The van der Waals surface area contributed by atoms with E-state index in [2.05, 4.69) is 4.90 Å². The van der Waals surface area contributed by atoms with Gasteiger partial charge in [0, 0.05) is 30.0 Å². The Morgan fingerprint density at radius 2 is 1.74 bits per heavy atom. The van der Waals surface area contributed by atoms with E-state index in [-0.39, 0.29) is 11.6 Å².